The van der Waals surface area contributed by atoms with E-state index in [-0.39, 0.29) is 12.5 Å². The molecule has 0 unspecified atom stereocenters. The predicted octanol–water partition coefficient (Wildman–Crippen LogP) is 0.854. The minimum atomic E-state index is -0.0891. The SMILES string of the molecule is COc1ccc(CCN)cc1OCC(=O)NC1CC1. The molecule has 0 heterocycles. The van der Waals surface area contributed by atoms with Crippen LogP contribution in [0.25, 0.3) is 0 Å². The van der Waals surface area contributed by atoms with Crippen LogP contribution in [-0.4, -0.2) is 32.2 Å². The van der Waals surface area contributed by atoms with Gasteiger partial charge in [-0.05, 0) is 43.5 Å². The van der Waals surface area contributed by atoms with Gasteiger partial charge < -0.3 is 20.5 Å². The fourth-order valence-corrected chi connectivity index (χ4v) is 1.80. The molecule has 1 amide bonds. The average Bonchev–Trinajstić information content (AvgIpc) is 3.21. The molecule has 1 aromatic carbocycles. The summed E-state index contributed by atoms with van der Waals surface area (Å²) < 4.78 is 10.7. The average molecular weight is 264 g/mol. The third-order valence-corrected chi connectivity index (χ3v) is 2.96. The van der Waals surface area contributed by atoms with Crippen molar-refractivity contribution in [1.29, 1.82) is 0 Å². The van der Waals surface area contributed by atoms with Gasteiger partial charge in [0.25, 0.3) is 5.91 Å². The van der Waals surface area contributed by atoms with Crippen LogP contribution < -0.4 is 20.5 Å². The normalized spacial score (nSPS) is 14.0. The van der Waals surface area contributed by atoms with Crippen molar-refractivity contribution in [2.24, 2.45) is 5.73 Å². The van der Waals surface area contributed by atoms with Crippen molar-refractivity contribution in [2.45, 2.75) is 25.3 Å². The van der Waals surface area contributed by atoms with Crippen molar-refractivity contribution in [2.75, 3.05) is 20.3 Å². The first-order chi connectivity index (χ1) is 9.22. The molecule has 0 bridgehead atoms. The Morgan fingerprint density at radius 3 is 2.84 bits per heavy atom. The largest absolute Gasteiger partial charge is 0.493 e. The van der Waals surface area contributed by atoms with Gasteiger partial charge >= 0.3 is 0 Å². The summed E-state index contributed by atoms with van der Waals surface area (Å²) in [4.78, 5) is 11.6. The Kier molecular flexibility index (Phi) is 4.63. The monoisotopic (exact) mass is 264 g/mol. The molecular weight excluding hydrogens is 244 g/mol. The standard InChI is InChI=1S/C14H20N2O3/c1-18-12-5-2-10(6-7-15)8-13(12)19-9-14(17)16-11-3-4-11/h2,5,8,11H,3-4,6-7,9,15H2,1H3,(H,16,17). The van der Waals surface area contributed by atoms with E-state index in [4.69, 9.17) is 15.2 Å². The van der Waals surface area contributed by atoms with E-state index in [0.29, 0.717) is 24.1 Å². The molecule has 1 aromatic rings. The number of amides is 1. The lowest BCUT2D eigenvalue weighted by Crippen LogP contribution is -2.30. The molecule has 104 valence electrons. The van der Waals surface area contributed by atoms with Gasteiger partial charge in [0.05, 0.1) is 7.11 Å². The number of benzene rings is 1. The summed E-state index contributed by atoms with van der Waals surface area (Å²) in [7, 11) is 1.58. The molecule has 1 aliphatic rings. The van der Waals surface area contributed by atoms with Crippen LogP contribution >= 0.6 is 0 Å². The lowest BCUT2D eigenvalue weighted by atomic mass is 10.1. The molecule has 0 atom stereocenters. The Balaban J connectivity index is 1.95. The molecule has 1 saturated carbocycles. The first kappa shape index (κ1) is 13.7. The second-order valence-corrected chi connectivity index (χ2v) is 4.65. The summed E-state index contributed by atoms with van der Waals surface area (Å²) in [5, 5.41) is 2.88. The molecule has 0 aromatic heterocycles. The Bertz CT molecular complexity index is 444. The Labute approximate surface area is 113 Å². The fourth-order valence-electron chi connectivity index (χ4n) is 1.80. The summed E-state index contributed by atoms with van der Waals surface area (Å²) in [6.45, 7) is 0.590. The van der Waals surface area contributed by atoms with E-state index in [1.807, 2.05) is 18.2 Å². The van der Waals surface area contributed by atoms with Crippen molar-refractivity contribution in [3.63, 3.8) is 0 Å². The van der Waals surface area contributed by atoms with Crippen LogP contribution in [0.1, 0.15) is 18.4 Å². The topological polar surface area (TPSA) is 73.6 Å². The summed E-state index contributed by atoms with van der Waals surface area (Å²) in [6, 6.07) is 6.00. The molecule has 3 N–H and O–H groups in total. The minimum Gasteiger partial charge on any atom is -0.493 e. The van der Waals surface area contributed by atoms with Crippen molar-refractivity contribution >= 4 is 5.91 Å². The van der Waals surface area contributed by atoms with Crippen molar-refractivity contribution in [1.82, 2.24) is 5.32 Å². The third kappa shape index (κ3) is 4.13. The van der Waals surface area contributed by atoms with Gasteiger partial charge in [0.15, 0.2) is 18.1 Å². The van der Waals surface area contributed by atoms with Gasteiger partial charge in [-0.3, -0.25) is 4.79 Å². The van der Waals surface area contributed by atoms with Crippen LogP contribution in [0.3, 0.4) is 0 Å². The van der Waals surface area contributed by atoms with E-state index in [1.165, 1.54) is 0 Å². The van der Waals surface area contributed by atoms with E-state index < -0.39 is 0 Å². The molecule has 0 aliphatic heterocycles. The molecule has 0 spiro atoms. The quantitative estimate of drug-likeness (QED) is 0.766. The summed E-state index contributed by atoms with van der Waals surface area (Å²) in [5.74, 6) is 1.12. The second-order valence-electron chi connectivity index (χ2n) is 4.65. The number of ether oxygens (including phenoxy) is 2. The zero-order chi connectivity index (χ0) is 13.7. The zero-order valence-corrected chi connectivity index (χ0v) is 11.1. The number of methoxy groups -OCH3 is 1. The number of hydrogen-bond acceptors (Lipinski definition) is 4. The molecular formula is C14H20N2O3. The highest BCUT2D eigenvalue weighted by molar-refractivity contribution is 5.78. The third-order valence-electron chi connectivity index (χ3n) is 2.96. The highest BCUT2D eigenvalue weighted by Crippen LogP contribution is 2.28. The lowest BCUT2D eigenvalue weighted by Gasteiger charge is -2.12. The van der Waals surface area contributed by atoms with E-state index >= 15 is 0 Å². The molecule has 5 heteroatoms. The predicted molar refractivity (Wildman–Crippen MR) is 72.4 cm³/mol. The second kappa shape index (κ2) is 6.43. The fraction of sp³-hybridized carbons (Fsp3) is 0.500. The summed E-state index contributed by atoms with van der Waals surface area (Å²) >= 11 is 0. The van der Waals surface area contributed by atoms with Crippen LogP contribution in [0.5, 0.6) is 11.5 Å². The Hall–Kier alpha value is -1.75. The number of carbonyl (C=O) groups is 1. The van der Waals surface area contributed by atoms with Crippen LogP contribution in [0.4, 0.5) is 0 Å². The Morgan fingerprint density at radius 1 is 1.42 bits per heavy atom. The van der Waals surface area contributed by atoms with Gasteiger partial charge in [-0.25, -0.2) is 0 Å². The van der Waals surface area contributed by atoms with Gasteiger partial charge in [0, 0.05) is 6.04 Å². The van der Waals surface area contributed by atoms with Crippen molar-refractivity contribution in [3.8, 4) is 11.5 Å². The highest BCUT2D eigenvalue weighted by Gasteiger charge is 2.23. The van der Waals surface area contributed by atoms with Gasteiger partial charge in [-0.2, -0.15) is 0 Å². The number of hydrogen-bond donors (Lipinski definition) is 2. The molecule has 0 saturated heterocycles. The summed E-state index contributed by atoms with van der Waals surface area (Å²) in [5.41, 5.74) is 6.60. The van der Waals surface area contributed by atoms with Gasteiger partial charge in [0.1, 0.15) is 0 Å². The number of rotatable bonds is 7. The molecule has 19 heavy (non-hydrogen) atoms. The van der Waals surface area contributed by atoms with Crippen LogP contribution in [0, 0.1) is 0 Å². The van der Waals surface area contributed by atoms with E-state index in [1.54, 1.807) is 7.11 Å². The lowest BCUT2D eigenvalue weighted by molar-refractivity contribution is -0.123. The van der Waals surface area contributed by atoms with Gasteiger partial charge in [0.2, 0.25) is 0 Å². The first-order valence-corrected chi connectivity index (χ1v) is 6.52. The molecule has 2 rings (SSSR count). The molecule has 0 radical (unpaired) electrons. The first-order valence-electron chi connectivity index (χ1n) is 6.52. The van der Waals surface area contributed by atoms with E-state index in [0.717, 1.165) is 24.8 Å². The highest BCUT2D eigenvalue weighted by atomic mass is 16.5. The molecule has 5 nitrogen and oxygen atoms in total. The maximum absolute atomic E-state index is 11.6. The van der Waals surface area contributed by atoms with E-state index in [9.17, 15) is 4.79 Å². The molecule has 1 fully saturated rings. The van der Waals surface area contributed by atoms with Crippen LogP contribution in [0.15, 0.2) is 18.2 Å². The number of nitrogens with one attached hydrogen (secondary N) is 1. The van der Waals surface area contributed by atoms with Crippen molar-refractivity contribution in [3.05, 3.63) is 23.8 Å². The maximum atomic E-state index is 11.6. The van der Waals surface area contributed by atoms with Crippen LogP contribution in [0.2, 0.25) is 0 Å². The maximum Gasteiger partial charge on any atom is 0.258 e. The zero-order valence-electron chi connectivity index (χ0n) is 11.1. The van der Waals surface area contributed by atoms with Crippen molar-refractivity contribution < 1.29 is 14.3 Å². The number of nitrogens with two attached hydrogens (primary N) is 1. The Morgan fingerprint density at radius 2 is 2.21 bits per heavy atom. The van der Waals surface area contributed by atoms with E-state index in [2.05, 4.69) is 5.32 Å². The van der Waals surface area contributed by atoms with Gasteiger partial charge in [-0.1, -0.05) is 6.07 Å². The van der Waals surface area contributed by atoms with Gasteiger partial charge in [-0.15, -0.1) is 0 Å². The van der Waals surface area contributed by atoms with Crippen LogP contribution in [-0.2, 0) is 11.2 Å². The smallest absolute Gasteiger partial charge is 0.258 e. The molecule has 1 aliphatic carbocycles. The number of carbonyl (C=O) groups excluding carboxylic acids is 1. The summed E-state index contributed by atoms with van der Waals surface area (Å²) in [6.07, 6.45) is 2.91. The minimum absolute atomic E-state index is 0.0128.